The Morgan fingerprint density at radius 1 is 1.29 bits per heavy atom. The van der Waals surface area contributed by atoms with Gasteiger partial charge in [-0.1, -0.05) is 6.07 Å². The van der Waals surface area contributed by atoms with Gasteiger partial charge in [0.05, 0.1) is 0 Å². The average Bonchev–Trinajstić information content (AvgIpc) is 3.04. The zero-order valence-corrected chi connectivity index (χ0v) is 10.5. The first-order valence-corrected chi connectivity index (χ1v) is 7.01. The van der Waals surface area contributed by atoms with Crippen LogP contribution < -0.4 is 5.32 Å². The predicted molar refractivity (Wildman–Crippen MR) is 71.1 cm³/mol. The van der Waals surface area contributed by atoms with Crippen molar-refractivity contribution in [1.82, 2.24) is 5.32 Å². The largest absolute Gasteiger partial charge is 0.316 e. The van der Waals surface area contributed by atoms with Gasteiger partial charge in [-0.15, -0.1) is 11.3 Å². The maximum absolute atomic E-state index is 13.0. The van der Waals surface area contributed by atoms with Crippen LogP contribution in [0.1, 0.15) is 17.7 Å². The topological polar surface area (TPSA) is 12.0 Å². The molecular formula is C14H16FNS. The Morgan fingerprint density at radius 2 is 2.18 bits per heavy atom. The Bertz CT molecular complexity index is 516. The van der Waals surface area contributed by atoms with Crippen LogP contribution in [0.5, 0.6) is 0 Å². The number of benzene rings is 1. The number of hydrogen-bond donors (Lipinski definition) is 1. The lowest BCUT2D eigenvalue weighted by Crippen LogP contribution is -2.19. The van der Waals surface area contributed by atoms with Crippen LogP contribution in [-0.4, -0.2) is 13.1 Å². The molecule has 1 saturated carbocycles. The highest BCUT2D eigenvalue weighted by atomic mass is 32.1. The van der Waals surface area contributed by atoms with Gasteiger partial charge in [-0.3, -0.25) is 0 Å². The van der Waals surface area contributed by atoms with E-state index in [9.17, 15) is 4.39 Å². The summed E-state index contributed by atoms with van der Waals surface area (Å²) in [7, 11) is 0. The standard InChI is InChI=1S/C14H16FNS/c15-12-4-3-11-7-13(17-14(11)8-12)5-6-16-9-10-1-2-10/h3-4,7-8,10,16H,1-2,5-6,9H2. The van der Waals surface area contributed by atoms with Crippen molar-refractivity contribution in [3.8, 4) is 0 Å². The molecular weight excluding hydrogens is 233 g/mol. The Morgan fingerprint density at radius 3 is 3.00 bits per heavy atom. The normalized spacial score (nSPS) is 15.6. The van der Waals surface area contributed by atoms with Gasteiger partial charge < -0.3 is 5.32 Å². The van der Waals surface area contributed by atoms with Gasteiger partial charge in [0, 0.05) is 9.58 Å². The van der Waals surface area contributed by atoms with Crippen molar-refractivity contribution in [2.24, 2.45) is 5.92 Å². The fourth-order valence-electron chi connectivity index (χ4n) is 2.02. The van der Waals surface area contributed by atoms with Crippen molar-refractivity contribution in [1.29, 1.82) is 0 Å². The molecule has 0 saturated heterocycles. The van der Waals surface area contributed by atoms with Crippen molar-refractivity contribution in [3.05, 3.63) is 35.0 Å². The molecule has 1 aromatic carbocycles. The quantitative estimate of drug-likeness (QED) is 0.799. The Kier molecular flexibility index (Phi) is 3.12. The summed E-state index contributed by atoms with van der Waals surface area (Å²) in [5, 5.41) is 4.64. The van der Waals surface area contributed by atoms with Gasteiger partial charge in [0.2, 0.25) is 0 Å². The smallest absolute Gasteiger partial charge is 0.124 e. The van der Waals surface area contributed by atoms with Gasteiger partial charge in [0.25, 0.3) is 0 Å². The molecule has 3 heteroatoms. The third kappa shape index (κ3) is 2.85. The zero-order chi connectivity index (χ0) is 11.7. The minimum atomic E-state index is -0.141. The van der Waals surface area contributed by atoms with E-state index >= 15 is 0 Å². The predicted octanol–water partition coefficient (Wildman–Crippen LogP) is 3.58. The lowest BCUT2D eigenvalue weighted by Gasteiger charge is -2.00. The van der Waals surface area contributed by atoms with Gasteiger partial charge in [-0.05, 0) is 61.9 Å². The van der Waals surface area contributed by atoms with Crippen LogP contribution >= 0.6 is 11.3 Å². The molecule has 3 rings (SSSR count). The zero-order valence-electron chi connectivity index (χ0n) is 9.71. The van der Waals surface area contributed by atoms with Crippen LogP contribution in [0.15, 0.2) is 24.3 Å². The summed E-state index contributed by atoms with van der Waals surface area (Å²) in [6.45, 7) is 2.20. The van der Waals surface area contributed by atoms with E-state index < -0.39 is 0 Å². The monoisotopic (exact) mass is 249 g/mol. The summed E-state index contributed by atoms with van der Waals surface area (Å²) in [5.41, 5.74) is 0. The van der Waals surface area contributed by atoms with Crippen LogP contribution in [0.4, 0.5) is 4.39 Å². The summed E-state index contributed by atoms with van der Waals surface area (Å²) in [6.07, 6.45) is 3.85. The summed E-state index contributed by atoms with van der Waals surface area (Å²) < 4.78 is 14.1. The molecule has 90 valence electrons. The minimum absolute atomic E-state index is 0.141. The second kappa shape index (κ2) is 4.75. The molecule has 1 aliphatic carbocycles. The molecule has 1 aliphatic rings. The highest BCUT2D eigenvalue weighted by molar-refractivity contribution is 7.19. The van der Waals surface area contributed by atoms with Crippen molar-refractivity contribution in [3.63, 3.8) is 0 Å². The lowest BCUT2D eigenvalue weighted by atomic mass is 10.2. The van der Waals surface area contributed by atoms with Gasteiger partial charge in [-0.25, -0.2) is 4.39 Å². The SMILES string of the molecule is Fc1ccc2cc(CCNCC3CC3)sc2c1. The molecule has 2 aromatic rings. The Hall–Kier alpha value is -0.930. The van der Waals surface area contributed by atoms with E-state index in [0.29, 0.717) is 0 Å². The second-order valence-corrected chi connectivity index (χ2v) is 5.96. The average molecular weight is 249 g/mol. The molecule has 1 N–H and O–H groups in total. The van der Waals surface area contributed by atoms with E-state index in [1.807, 2.05) is 6.07 Å². The van der Waals surface area contributed by atoms with Crippen molar-refractivity contribution < 1.29 is 4.39 Å². The summed E-state index contributed by atoms with van der Waals surface area (Å²) in [5.74, 6) is 0.796. The van der Waals surface area contributed by atoms with Crippen molar-refractivity contribution in [2.75, 3.05) is 13.1 Å². The van der Waals surface area contributed by atoms with E-state index in [4.69, 9.17) is 0 Å². The number of halogens is 1. The molecule has 0 radical (unpaired) electrons. The first-order chi connectivity index (χ1) is 8.31. The molecule has 17 heavy (non-hydrogen) atoms. The van der Waals surface area contributed by atoms with Gasteiger partial charge in [0.15, 0.2) is 0 Å². The maximum Gasteiger partial charge on any atom is 0.124 e. The first-order valence-electron chi connectivity index (χ1n) is 6.20. The lowest BCUT2D eigenvalue weighted by molar-refractivity contribution is 0.630. The fraction of sp³-hybridized carbons (Fsp3) is 0.429. The third-order valence-corrected chi connectivity index (χ3v) is 4.37. The Labute approximate surface area is 105 Å². The van der Waals surface area contributed by atoms with Crippen LogP contribution in [-0.2, 0) is 6.42 Å². The molecule has 0 spiro atoms. The van der Waals surface area contributed by atoms with E-state index in [1.54, 1.807) is 17.4 Å². The molecule has 1 fully saturated rings. The van der Waals surface area contributed by atoms with Crippen LogP contribution in [0.25, 0.3) is 10.1 Å². The summed E-state index contributed by atoms with van der Waals surface area (Å²) in [4.78, 5) is 1.34. The summed E-state index contributed by atoms with van der Waals surface area (Å²) in [6, 6.07) is 7.20. The van der Waals surface area contributed by atoms with Gasteiger partial charge >= 0.3 is 0 Å². The van der Waals surface area contributed by atoms with Gasteiger partial charge in [-0.2, -0.15) is 0 Å². The van der Waals surface area contributed by atoms with Crippen molar-refractivity contribution in [2.45, 2.75) is 19.3 Å². The van der Waals surface area contributed by atoms with E-state index in [2.05, 4.69) is 11.4 Å². The molecule has 1 heterocycles. The van der Waals surface area contributed by atoms with E-state index in [0.717, 1.165) is 29.0 Å². The Balaban J connectivity index is 1.60. The number of rotatable bonds is 5. The van der Waals surface area contributed by atoms with Crippen LogP contribution in [0.2, 0.25) is 0 Å². The minimum Gasteiger partial charge on any atom is -0.316 e. The highest BCUT2D eigenvalue weighted by Gasteiger charge is 2.19. The molecule has 1 nitrogen and oxygen atoms in total. The van der Waals surface area contributed by atoms with Crippen LogP contribution in [0.3, 0.4) is 0 Å². The fourth-order valence-corrected chi connectivity index (χ4v) is 3.11. The number of hydrogen-bond acceptors (Lipinski definition) is 2. The number of fused-ring (bicyclic) bond motifs is 1. The third-order valence-electron chi connectivity index (χ3n) is 3.21. The van der Waals surface area contributed by atoms with E-state index in [-0.39, 0.29) is 5.82 Å². The first kappa shape index (κ1) is 11.2. The highest BCUT2D eigenvalue weighted by Crippen LogP contribution is 2.28. The number of thiophene rings is 1. The molecule has 0 unspecified atom stereocenters. The molecule has 0 amide bonds. The van der Waals surface area contributed by atoms with Gasteiger partial charge in [0.1, 0.15) is 5.82 Å². The van der Waals surface area contributed by atoms with Crippen LogP contribution in [0, 0.1) is 11.7 Å². The summed E-state index contributed by atoms with van der Waals surface area (Å²) >= 11 is 1.71. The van der Waals surface area contributed by atoms with E-state index in [1.165, 1.54) is 30.3 Å². The molecule has 0 atom stereocenters. The maximum atomic E-state index is 13.0. The molecule has 1 aromatic heterocycles. The number of nitrogens with one attached hydrogen (secondary N) is 1. The molecule has 0 aliphatic heterocycles. The molecule has 0 bridgehead atoms. The van der Waals surface area contributed by atoms with Crippen molar-refractivity contribution >= 4 is 21.4 Å². The second-order valence-electron chi connectivity index (χ2n) is 4.79.